The Kier molecular flexibility index (Phi) is 6.92. The van der Waals surface area contributed by atoms with Gasteiger partial charge in [-0.25, -0.2) is 13.7 Å². The molecule has 6 nitrogen and oxygen atoms in total. The first-order chi connectivity index (χ1) is 7.39. The zero-order valence-electron chi connectivity index (χ0n) is 9.48. The average Bonchev–Trinajstić information content (AvgIpc) is 2.61. The summed E-state index contributed by atoms with van der Waals surface area (Å²) in [6.07, 6.45) is 7.41. The zero-order valence-corrected chi connectivity index (χ0v) is 10.4. The quantitative estimate of drug-likeness (QED) is 0.466. The molecule has 7 heteroatoms. The zero-order chi connectivity index (χ0) is 12.6. The number of hydrogen-bond donors (Lipinski definition) is 2. The van der Waals surface area contributed by atoms with Crippen LogP contribution in [0.3, 0.4) is 0 Å². The first-order valence-electron chi connectivity index (χ1n) is 4.71. The van der Waals surface area contributed by atoms with Gasteiger partial charge in [0.15, 0.2) is 0 Å². The van der Waals surface area contributed by atoms with Gasteiger partial charge >= 0.3 is 7.82 Å². The van der Waals surface area contributed by atoms with Crippen molar-refractivity contribution in [1.29, 1.82) is 0 Å². The van der Waals surface area contributed by atoms with Gasteiger partial charge in [0.1, 0.15) is 12.4 Å². The Bertz CT molecular complexity index is 358. The Labute approximate surface area is 95.0 Å². The molecular weight excluding hydrogens is 231 g/mol. The van der Waals surface area contributed by atoms with Crippen LogP contribution in [0.2, 0.25) is 0 Å². The van der Waals surface area contributed by atoms with Crippen molar-refractivity contribution in [2.75, 3.05) is 6.61 Å². The molecule has 0 aromatic carbocycles. The lowest BCUT2D eigenvalue weighted by molar-refractivity contribution is -0.693. The van der Waals surface area contributed by atoms with E-state index >= 15 is 0 Å². The maximum atomic E-state index is 9.81. The van der Waals surface area contributed by atoms with Crippen LogP contribution in [0.25, 0.3) is 0 Å². The van der Waals surface area contributed by atoms with Gasteiger partial charge in [-0.2, -0.15) is 0 Å². The Morgan fingerprint density at radius 1 is 1.62 bits per heavy atom. The van der Waals surface area contributed by atoms with E-state index in [0.717, 1.165) is 6.54 Å². The molecule has 0 fully saturated rings. The predicted molar refractivity (Wildman–Crippen MR) is 59.5 cm³/mol. The van der Waals surface area contributed by atoms with Crippen LogP contribution in [0.4, 0.5) is 0 Å². The van der Waals surface area contributed by atoms with Crippen LogP contribution in [0.1, 0.15) is 6.92 Å². The van der Waals surface area contributed by atoms with Gasteiger partial charge in [-0.3, -0.25) is 4.52 Å². The number of aryl methyl sites for hydroxylation is 2. The summed E-state index contributed by atoms with van der Waals surface area (Å²) in [5, 5.41) is 0. The molecule has 1 heterocycles. The van der Waals surface area contributed by atoms with Gasteiger partial charge in [0.2, 0.25) is 6.33 Å². The van der Waals surface area contributed by atoms with E-state index in [2.05, 4.69) is 35.1 Å². The third kappa shape index (κ3) is 8.38. The van der Waals surface area contributed by atoms with Gasteiger partial charge in [-0.05, 0) is 6.92 Å². The average molecular weight is 249 g/mol. The highest BCUT2D eigenvalue weighted by molar-refractivity contribution is 7.46. The maximum absolute atomic E-state index is 9.81. The lowest BCUT2D eigenvalue weighted by Crippen LogP contribution is -2.28. The number of nitrogens with zero attached hydrogens (tertiary/aromatic N) is 2. The van der Waals surface area contributed by atoms with E-state index in [1.165, 1.54) is 6.08 Å². The van der Waals surface area contributed by atoms with Crippen LogP contribution in [-0.4, -0.2) is 21.0 Å². The van der Waals surface area contributed by atoms with Gasteiger partial charge in [-0.15, -0.1) is 6.58 Å². The minimum absolute atomic E-state index is 0.121. The lowest BCUT2D eigenvalue weighted by Gasteiger charge is -1.98. The summed E-state index contributed by atoms with van der Waals surface area (Å²) in [6, 6.07) is 0. The number of phosphoric ester groups is 1. The van der Waals surface area contributed by atoms with E-state index in [-0.39, 0.29) is 6.61 Å². The van der Waals surface area contributed by atoms with Crippen LogP contribution in [0.5, 0.6) is 0 Å². The number of aromatic nitrogens is 2. The van der Waals surface area contributed by atoms with Crippen molar-refractivity contribution in [3.05, 3.63) is 31.4 Å². The molecule has 0 spiro atoms. The molecule has 0 aliphatic rings. The van der Waals surface area contributed by atoms with Crippen LogP contribution in [-0.2, 0) is 22.7 Å². The third-order valence-electron chi connectivity index (χ3n) is 1.55. The normalized spacial score (nSPS) is 10.5. The van der Waals surface area contributed by atoms with E-state index in [9.17, 15) is 4.57 Å². The predicted octanol–water partition coefficient (Wildman–Crippen LogP) is 0.614. The van der Waals surface area contributed by atoms with Crippen molar-refractivity contribution < 1.29 is 23.4 Å². The number of hydrogen-bond acceptors (Lipinski definition) is 2. The molecule has 0 amide bonds. The molecule has 0 aliphatic heterocycles. The Hall–Kier alpha value is -0.940. The molecule has 0 saturated carbocycles. The van der Waals surface area contributed by atoms with Crippen molar-refractivity contribution >= 4 is 7.82 Å². The maximum Gasteiger partial charge on any atom is 0.469 e. The summed E-state index contributed by atoms with van der Waals surface area (Å²) < 4.78 is 17.9. The molecule has 1 aromatic heterocycles. The second-order valence-corrected chi connectivity index (χ2v) is 4.22. The summed E-state index contributed by atoms with van der Waals surface area (Å²) in [4.78, 5) is 16.0. The number of phosphoric acid groups is 1. The summed E-state index contributed by atoms with van der Waals surface area (Å²) in [7, 11) is -2.23. The molecule has 16 heavy (non-hydrogen) atoms. The fourth-order valence-electron chi connectivity index (χ4n) is 0.839. The summed E-state index contributed by atoms with van der Waals surface area (Å²) >= 11 is 0. The molecule has 0 saturated heterocycles. The second kappa shape index (κ2) is 7.35. The van der Waals surface area contributed by atoms with Crippen molar-refractivity contribution in [3.8, 4) is 0 Å². The smallest absolute Gasteiger partial charge is 0.303 e. The van der Waals surface area contributed by atoms with Crippen molar-refractivity contribution in [1.82, 2.24) is 4.57 Å². The van der Waals surface area contributed by atoms with E-state index in [4.69, 9.17) is 9.79 Å². The Morgan fingerprint density at radius 3 is 2.44 bits per heavy atom. The van der Waals surface area contributed by atoms with Gasteiger partial charge < -0.3 is 9.79 Å². The van der Waals surface area contributed by atoms with Gasteiger partial charge in [0.25, 0.3) is 0 Å². The highest BCUT2D eigenvalue weighted by Crippen LogP contribution is 2.35. The molecule has 2 N–H and O–H groups in total. The van der Waals surface area contributed by atoms with E-state index in [1.54, 1.807) is 0 Å². The SMILES string of the molecule is C=CCOP(=O)(O)O.CC[n+]1ccn(C)c1. The summed E-state index contributed by atoms with van der Waals surface area (Å²) in [5.74, 6) is 0. The first kappa shape index (κ1) is 15.1. The highest BCUT2D eigenvalue weighted by atomic mass is 31.2. The molecule has 0 bridgehead atoms. The third-order valence-corrected chi connectivity index (χ3v) is 2.03. The molecule has 0 unspecified atom stereocenters. The summed E-state index contributed by atoms with van der Waals surface area (Å²) in [5.41, 5.74) is 0. The monoisotopic (exact) mass is 249 g/mol. The van der Waals surface area contributed by atoms with Crippen LogP contribution >= 0.6 is 7.82 Å². The summed E-state index contributed by atoms with van der Waals surface area (Å²) in [6.45, 7) is 6.26. The molecule has 0 aliphatic carbocycles. The molecular formula is C9H18N2O4P+. The molecule has 1 rings (SSSR count). The fourth-order valence-corrected chi connectivity index (χ4v) is 1.14. The van der Waals surface area contributed by atoms with Crippen LogP contribution < -0.4 is 4.57 Å². The standard InChI is InChI=1S/C6H11N2.C3H7O4P/c1-3-8-5-4-7(2)6-8;1-2-3-7-8(4,5)6/h4-6H,3H2,1-2H3;2H,1,3H2,(H2,4,5,6)/q+1;. The van der Waals surface area contributed by atoms with Gasteiger partial charge in [0, 0.05) is 0 Å². The van der Waals surface area contributed by atoms with Crippen LogP contribution in [0.15, 0.2) is 31.4 Å². The highest BCUT2D eigenvalue weighted by Gasteiger charge is 2.10. The minimum atomic E-state index is -4.25. The largest absolute Gasteiger partial charge is 0.469 e. The van der Waals surface area contributed by atoms with E-state index in [0.29, 0.717) is 0 Å². The topological polar surface area (TPSA) is 75.6 Å². The molecule has 92 valence electrons. The minimum Gasteiger partial charge on any atom is -0.303 e. The van der Waals surface area contributed by atoms with Gasteiger partial charge in [0.05, 0.1) is 20.2 Å². The Morgan fingerprint density at radius 2 is 2.25 bits per heavy atom. The molecule has 0 radical (unpaired) electrons. The van der Waals surface area contributed by atoms with Crippen molar-refractivity contribution in [2.24, 2.45) is 7.05 Å². The first-order valence-corrected chi connectivity index (χ1v) is 6.24. The second-order valence-electron chi connectivity index (χ2n) is 2.98. The van der Waals surface area contributed by atoms with Gasteiger partial charge in [-0.1, -0.05) is 6.08 Å². The molecule has 0 atom stereocenters. The fraction of sp³-hybridized carbons (Fsp3) is 0.444. The number of rotatable bonds is 4. The van der Waals surface area contributed by atoms with Crippen LogP contribution in [0, 0.1) is 0 Å². The van der Waals surface area contributed by atoms with Crippen molar-refractivity contribution in [2.45, 2.75) is 13.5 Å². The van der Waals surface area contributed by atoms with E-state index in [1.807, 2.05) is 17.8 Å². The lowest BCUT2D eigenvalue weighted by atomic mass is 10.7. The Balaban J connectivity index is 0.000000281. The number of imidazole rings is 1. The molecule has 1 aromatic rings. The van der Waals surface area contributed by atoms with Crippen molar-refractivity contribution in [3.63, 3.8) is 0 Å². The van der Waals surface area contributed by atoms with E-state index < -0.39 is 7.82 Å².